The van der Waals surface area contributed by atoms with Crippen LogP contribution in [0.25, 0.3) is 11.9 Å². The van der Waals surface area contributed by atoms with Gasteiger partial charge >= 0.3 is 12.1 Å². The van der Waals surface area contributed by atoms with Crippen molar-refractivity contribution in [1.29, 1.82) is 0 Å². The zero-order chi connectivity index (χ0) is 17.0. The minimum absolute atomic E-state index is 0.227. The molecule has 1 N–H and O–H groups in total. The minimum Gasteiger partial charge on any atom is -0.478 e. The Morgan fingerprint density at radius 1 is 1.39 bits per heavy atom. The summed E-state index contributed by atoms with van der Waals surface area (Å²) in [6, 6.07) is 2.15. The van der Waals surface area contributed by atoms with Crippen molar-refractivity contribution in [3.05, 3.63) is 47.4 Å². The Morgan fingerprint density at radius 2 is 2.13 bits per heavy atom. The van der Waals surface area contributed by atoms with Crippen LogP contribution in [0.2, 0.25) is 0 Å². The largest absolute Gasteiger partial charge is 0.478 e. The van der Waals surface area contributed by atoms with Crippen LogP contribution < -0.4 is 0 Å². The SMILES string of the molecule is CCCc1nn(-c2ccc(C(F)(F)F)cn2)cc1C=CC(=O)O. The third kappa shape index (κ3) is 4.18. The van der Waals surface area contributed by atoms with Crippen molar-refractivity contribution in [2.45, 2.75) is 25.9 Å². The Labute approximate surface area is 130 Å². The number of aromatic nitrogens is 3. The topological polar surface area (TPSA) is 68.0 Å². The maximum absolute atomic E-state index is 12.5. The normalized spacial score (nSPS) is 12.0. The van der Waals surface area contributed by atoms with E-state index in [1.165, 1.54) is 16.8 Å². The number of carboxylic acids is 1. The molecule has 0 fully saturated rings. The number of hydrogen-bond acceptors (Lipinski definition) is 3. The monoisotopic (exact) mass is 325 g/mol. The summed E-state index contributed by atoms with van der Waals surface area (Å²) in [6.07, 6.45) is 1.64. The number of hydrogen-bond donors (Lipinski definition) is 1. The summed E-state index contributed by atoms with van der Waals surface area (Å²) in [7, 11) is 0. The number of nitrogens with zero attached hydrogens (tertiary/aromatic N) is 3. The van der Waals surface area contributed by atoms with Gasteiger partial charge in [-0.25, -0.2) is 14.5 Å². The van der Waals surface area contributed by atoms with Crippen LogP contribution in [0.3, 0.4) is 0 Å². The van der Waals surface area contributed by atoms with Crippen LogP contribution in [0, 0.1) is 0 Å². The van der Waals surface area contributed by atoms with Crippen molar-refractivity contribution in [3.63, 3.8) is 0 Å². The number of aryl methyl sites for hydroxylation is 1. The van der Waals surface area contributed by atoms with Crippen molar-refractivity contribution < 1.29 is 23.1 Å². The maximum atomic E-state index is 12.5. The molecule has 8 heteroatoms. The molecular formula is C15H14F3N3O2. The third-order valence-electron chi connectivity index (χ3n) is 3.03. The van der Waals surface area contributed by atoms with Gasteiger partial charge in [-0.05, 0) is 24.6 Å². The van der Waals surface area contributed by atoms with E-state index in [1.54, 1.807) is 6.20 Å². The Bertz CT molecular complexity index is 719. The molecule has 0 atom stereocenters. The van der Waals surface area contributed by atoms with Crippen molar-refractivity contribution in [1.82, 2.24) is 14.8 Å². The summed E-state index contributed by atoms with van der Waals surface area (Å²) < 4.78 is 39.0. The second-order valence-corrected chi connectivity index (χ2v) is 4.80. The average molecular weight is 325 g/mol. The smallest absolute Gasteiger partial charge is 0.417 e. The molecule has 0 saturated carbocycles. The van der Waals surface area contributed by atoms with Crippen LogP contribution in [0.15, 0.2) is 30.6 Å². The van der Waals surface area contributed by atoms with Gasteiger partial charge in [-0.2, -0.15) is 18.3 Å². The molecule has 0 aromatic carbocycles. The van der Waals surface area contributed by atoms with E-state index < -0.39 is 17.7 Å². The molecule has 0 aliphatic rings. The summed E-state index contributed by atoms with van der Waals surface area (Å²) in [5.74, 6) is -0.863. The maximum Gasteiger partial charge on any atom is 0.417 e. The lowest BCUT2D eigenvalue weighted by molar-refractivity contribution is -0.137. The van der Waals surface area contributed by atoms with E-state index in [4.69, 9.17) is 5.11 Å². The molecule has 122 valence electrons. The first-order chi connectivity index (χ1) is 10.8. The fraction of sp³-hybridized carbons (Fsp3) is 0.267. The molecule has 0 amide bonds. The number of pyridine rings is 1. The predicted molar refractivity (Wildman–Crippen MR) is 77.0 cm³/mol. The molecular weight excluding hydrogens is 311 g/mol. The molecule has 2 rings (SSSR count). The van der Waals surface area contributed by atoms with Gasteiger partial charge < -0.3 is 5.11 Å². The third-order valence-corrected chi connectivity index (χ3v) is 3.03. The van der Waals surface area contributed by atoms with Crippen LogP contribution in [0.1, 0.15) is 30.2 Å². The lowest BCUT2D eigenvalue weighted by Crippen LogP contribution is -2.07. The van der Waals surface area contributed by atoms with Gasteiger partial charge in [0.15, 0.2) is 5.82 Å². The molecule has 0 spiro atoms. The minimum atomic E-state index is -4.45. The predicted octanol–water partition coefficient (Wildman–Crippen LogP) is 3.34. The van der Waals surface area contributed by atoms with Gasteiger partial charge in [0.1, 0.15) is 0 Å². The number of carbonyl (C=O) groups is 1. The highest BCUT2D eigenvalue weighted by molar-refractivity contribution is 5.85. The highest BCUT2D eigenvalue weighted by atomic mass is 19.4. The van der Waals surface area contributed by atoms with E-state index in [1.807, 2.05) is 6.92 Å². The first-order valence-corrected chi connectivity index (χ1v) is 6.84. The second kappa shape index (κ2) is 6.64. The van der Waals surface area contributed by atoms with Crippen LogP contribution in [0.4, 0.5) is 13.2 Å². The van der Waals surface area contributed by atoms with Crippen molar-refractivity contribution in [2.24, 2.45) is 0 Å². The first-order valence-electron chi connectivity index (χ1n) is 6.84. The fourth-order valence-electron chi connectivity index (χ4n) is 1.96. The number of carboxylic acid groups (broad SMARTS) is 1. The van der Waals surface area contributed by atoms with Gasteiger partial charge in [-0.15, -0.1) is 0 Å². The van der Waals surface area contributed by atoms with Crippen molar-refractivity contribution in [2.75, 3.05) is 0 Å². The summed E-state index contributed by atoms with van der Waals surface area (Å²) in [4.78, 5) is 14.4. The van der Waals surface area contributed by atoms with E-state index in [0.29, 0.717) is 17.7 Å². The molecule has 2 aromatic heterocycles. The number of alkyl halides is 3. The van der Waals surface area contributed by atoms with Crippen LogP contribution >= 0.6 is 0 Å². The molecule has 0 bridgehead atoms. The van der Waals surface area contributed by atoms with Gasteiger partial charge in [0.2, 0.25) is 0 Å². The number of aliphatic carboxylic acids is 1. The van der Waals surface area contributed by atoms with E-state index in [0.717, 1.165) is 24.8 Å². The summed E-state index contributed by atoms with van der Waals surface area (Å²) in [5.41, 5.74) is 0.413. The second-order valence-electron chi connectivity index (χ2n) is 4.80. The van der Waals surface area contributed by atoms with Gasteiger partial charge in [0.05, 0.1) is 11.3 Å². The zero-order valence-corrected chi connectivity index (χ0v) is 12.2. The first kappa shape index (κ1) is 16.7. The van der Waals surface area contributed by atoms with Crippen LogP contribution in [-0.2, 0) is 17.4 Å². The molecule has 0 radical (unpaired) electrons. The molecule has 5 nitrogen and oxygen atoms in total. The van der Waals surface area contributed by atoms with Crippen molar-refractivity contribution in [3.8, 4) is 5.82 Å². The van der Waals surface area contributed by atoms with Gasteiger partial charge in [-0.3, -0.25) is 0 Å². The fourth-order valence-corrected chi connectivity index (χ4v) is 1.96. The summed E-state index contributed by atoms with van der Waals surface area (Å²) >= 11 is 0. The quantitative estimate of drug-likeness (QED) is 0.856. The Hall–Kier alpha value is -2.64. The standard InChI is InChI=1S/C15H14F3N3O2/c1-2-3-12-10(4-7-14(22)23)9-21(20-12)13-6-5-11(8-19-13)15(16,17)18/h4-9H,2-3H2,1H3,(H,22,23). The molecule has 0 aliphatic carbocycles. The van der Waals surface area contributed by atoms with Crippen molar-refractivity contribution >= 4 is 12.0 Å². The lowest BCUT2D eigenvalue weighted by atomic mass is 10.1. The molecule has 23 heavy (non-hydrogen) atoms. The number of halogens is 3. The van der Waals surface area contributed by atoms with E-state index in [2.05, 4.69) is 10.1 Å². The molecule has 2 heterocycles. The molecule has 0 unspecified atom stereocenters. The van der Waals surface area contributed by atoms with Gasteiger partial charge in [-0.1, -0.05) is 13.3 Å². The average Bonchev–Trinajstić information content (AvgIpc) is 2.88. The van der Waals surface area contributed by atoms with Crippen LogP contribution in [0.5, 0.6) is 0 Å². The van der Waals surface area contributed by atoms with Crippen LogP contribution in [-0.4, -0.2) is 25.8 Å². The van der Waals surface area contributed by atoms with E-state index in [9.17, 15) is 18.0 Å². The van der Waals surface area contributed by atoms with Gasteiger partial charge in [0, 0.05) is 24.0 Å². The van der Waals surface area contributed by atoms with Gasteiger partial charge in [0.25, 0.3) is 0 Å². The van der Waals surface area contributed by atoms with E-state index >= 15 is 0 Å². The highest BCUT2D eigenvalue weighted by Crippen LogP contribution is 2.28. The Kier molecular flexibility index (Phi) is 4.83. The molecule has 0 saturated heterocycles. The summed E-state index contributed by atoms with van der Waals surface area (Å²) in [5, 5.41) is 13.0. The number of rotatable bonds is 5. The summed E-state index contributed by atoms with van der Waals surface area (Å²) in [6.45, 7) is 1.94. The zero-order valence-electron chi connectivity index (χ0n) is 12.2. The van der Waals surface area contributed by atoms with E-state index in [-0.39, 0.29) is 5.82 Å². The molecule has 2 aromatic rings. The Balaban J connectivity index is 2.36. The highest BCUT2D eigenvalue weighted by Gasteiger charge is 2.30. The Morgan fingerprint density at radius 3 is 2.65 bits per heavy atom. The lowest BCUT2D eigenvalue weighted by Gasteiger charge is -2.06. The molecule has 0 aliphatic heterocycles.